The van der Waals surface area contributed by atoms with Crippen molar-refractivity contribution in [3.8, 4) is 77.9 Å². The summed E-state index contributed by atoms with van der Waals surface area (Å²) in [4.78, 5) is 5.01. The highest BCUT2D eigenvalue weighted by Gasteiger charge is 2.44. The number of nitrogens with zero attached hydrogens (tertiary/aromatic N) is 2. The van der Waals surface area contributed by atoms with E-state index in [1.54, 1.807) is 0 Å². The largest absolute Gasteiger partial charge is 0.310 e. The highest BCUT2D eigenvalue weighted by Crippen LogP contribution is 2.61. The highest BCUT2D eigenvalue weighted by atomic mass is 15.2. The molecule has 0 bridgehead atoms. The fourth-order valence-corrected chi connectivity index (χ4v) is 16.2. The first-order valence-electron chi connectivity index (χ1n) is 30.7. The molecule has 0 saturated heterocycles. The van der Waals surface area contributed by atoms with Gasteiger partial charge in [-0.3, -0.25) is 0 Å². The summed E-state index contributed by atoms with van der Waals surface area (Å²) >= 11 is 0. The molecule has 0 spiro atoms. The summed E-state index contributed by atoms with van der Waals surface area (Å²) in [7, 11) is 0. The van der Waals surface area contributed by atoms with Gasteiger partial charge in [0.15, 0.2) is 0 Å². The summed E-state index contributed by atoms with van der Waals surface area (Å²) in [6, 6.07) is 101. The molecule has 0 saturated carbocycles. The van der Waals surface area contributed by atoms with Crippen molar-refractivity contribution in [3.63, 3.8) is 0 Å². The smallest absolute Gasteiger partial charge is 0.0540 e. The minimum absolute atomic E-state index is 0.0861. The fraction of sp³-hybridized carbons (Fsp3) is 0.143. The minimum atomic E-state index is -0.290. The van der Waals surface area contributed by atoms with Crippen LogP contribution in [0.2, 0.25) is 0 Å². The zero-order valence-electron chi connectivity index (χ0n) is 50.3. The van der Waals surface area contributed by atoms with Crippen LogP contribution in [-0.4, -0.2) is 0 Å². The topological polar surface area (TPSA) is 6.48 Å². The van der Waals surface area contributed by atoms with E-state index in [4.69, 9.17) is 0 Å². The lowest BCUT2D eigenvalue weighted by atomic mass is 9.76. The number of hydrogen-bond acceptors (Lipinski definition) is 2. The van der Waals surface area contributed by atoms with Crippen molar-refractivity contribution in [1.82, 2.24) is 0 Å². The van der Waals surface area contributed by atoms with Gasteiger partial charge in [0.05, 0.1) is 17.1 Å². The predicted molar refractivity (Wildman–Crippen MR) is 362 cm³/mol. The standard InChI is InChI=1S/C84H68N2/c1-81(2)68-38-20-16-32-59(68)67-52-56(46-50-71(67)81)85(54-27-11-9-12-28-54)74-42-23-18-34-61(74)63-49-48-57(80-78(63)65-35-17-22-40-70(65)84(80,7)8)53-45-47-66-73(51-53)82(3,4)72-41-25-36-62(77(66)72)60-33-19-24-43-75(60)86(55-29-13-10-14-30-55)76-44-26-37-64-58-31-15-21-39-69(58)83(5,6)79(64)76/h9-52H,1-8H3. The molecule has 0 amide bonds. The number of para-hydroxylation sites is 4. The summed E-state index contributed by atoms with van der Waals surface area (Å²) in [6.07, 6.45) is 0. The monoisotopic (exact) mass is 1100 g/mol. The second kappa shape index (κ2) is 18.9. The van der Waals surface area contributed by atoms with Gasteiger partial charge >= 0.3 is 0 Å². The number of benzene rings is 12. The molecule has 12 aromatic rings. The quantitative estimate of drug-likeness (QED) is 0.142. The molecule has 0 fully saturated rings. The van der Waals surface area contributed by atoms with Crippen molar-refractivity contribution in [2.24, 2.45) is 0 Å². The van der Waals surface area contributed by atoms with E-state index in [2.05, 4.69) is 332 Å². The first kappa shape index (κ1) is 51.8. The molecule has 0 N–H and O–H groups in total. The molecule has 2 heteroatoms. The average molecular weight is 1110 g/mol. The average Bonchev–Trinajstić information content (AvgIpc) is 1.71. The van der Waals surface area contributed by atoms with Crippen molar-refractivity contribution in [3.05, 3.63) is 311 Å². The van der Waals surface area contributed by atoms with Gasteiger partial charge in [0.1, 0.15) is 0 Å². The molecule has 4 aliphatic rings. The molecular formula is C84H68N2. The van der Waals surface area contributed by atoms with E-state index in [-0.39, 0.29) is 21.7 Å². The summed E-state index contributed by atoms with van der Waals surface area (Å²) in [6.45, 7) is 19.3. The lowest BCUT2D eigenvalue weighted by molar-refractivity contribution is 0.659. The first-order valence-corrected chi connectivity index (χ1v) is 30.7. The Morgan fingerprint density at radius 2 is 0.628 bits per heavy atom. The van der Waals surface area contributed by atoms with E-state index in [1.807, 2.05) is 0 Å². The number of fused-ring (bicyclic) bond motifs is 12. The Morgan fingerprint density at radius 3 is 1.30 bits per heavy atom. The van der Waals surface area contributed by atoms with Crippen LogP contribution in [-0.2, 0) is 21.7 Å². The van der Waals surface area contributed by atoms with Crippen molar-refractivity contribution in [1.29, 1.82) is 0 Å². The third-order valence-corrected chi connectivity index (χ3v) is 20.2. The molecule has 0 atom stereocenters. The normalized spacial score (nSPS) is 15.1. The number of anilines is 6. The molecule has 0 aliphatic heterocycles. The van der Waals surface area contributed by atoms with Gasteiger partial charge in [-0.15, -0.1) is 0 Å². The Kier molecular flexibility index (Phi) is 11.4. The van der Waals surface area contributed by atoms with Crippen LogP contribution in [0.1, 0.15) is 99.9 Å². The second-order valence-electron chi connectivity index (χ2n) is 26.3. The van der Waals surface area contributed by atoms with E-state index < -0.39 is 0 Å². The Morgan fingerprint density at radius 1 is 0.209 bits per heavy atom. The van der Waals surface area contributed by atoms with E-state index in [1.165, 1.54) is 128 Å². The lowest BCUT2D eigenvalue weighted by Gasteiger charge is -2.33. The van der Waals surface area contributed by atoms with Gasteiger partial charge in [0.25, 0.3) is 0 Å². The Labute approximate surface area is 507 Å². The zero-order valence-corrected chi connectivity index (χ0v) is 50.3. The maximum absolute atomic E-state index is 2.54. The predicted octanol–water partition coefficient (Wildman–Crippen LogP) is 22.9. The summed E-state index contributed by atoms with van der Waals surface area (Å²) in [5.74, 6) is 0. The summed E-state index contributed by atoms with van der Waals surface area (Å²) in [5.41, 5.74) is 34.8. The maximum Gasteiger partial charge on any atom is 0.0540 e. The molecule has 2 nitrogen and oxygen atoms in total. The SMILES string of the molecule is CC1(C)c2ccccc2-c2cc(N(c3ccccc3)c3ccccc3-c3ccc(-c4ccc5c(c4)C(C)(C)c4cccc(-c6ccccc6N(c6ccccc6)c6cccc7c6C(C)(C)c6ccccc6-7)c4-5)c4c3-c3ccccc3C4(C)C)ccc21. The highest BCUT2D eigenvalue weighted by molar-refractivity contribution is 6.04. The third kappa shape index (κ3) is 7.38. The molecule has 4 aliphatic carbocycles. The number of rotatable bonds is 9. The molecule has 0 heterocycles. The van der Waals surface area contributed by atoms with Crippen LogP contribution in [0.3, 0.4) is 0 Å². The molecule has 0 unspecified atom stereocenters. The zero-order chi connectivity index (χ0) is 58.4. The Hall–Kier alpha value is -9.76. The maximum atomic E-state index is 2.54. The van der Waals surface area contributed by atoms with Crippen LogP contribution in [0.25, 0.3) is 77.9 Å². The van der Waals surface area contributed by atoms with E-state index in [0.29, 0.717) is 0 Å². The molecular weight excluding hydrogens is 1040 g/mol. The molecule has 414 valence electrons. The van der Waals surface area contributed by atoms with Crippen molar-refractivity contribution >= 4 is 34.1 Å². The van der Waals surface area contributed by atoms with Gasteiger partial charge in [-0.2, -0.15) is 0 Å². The van der Waals surface area contributed by atoms with Gasteiger partial charge in [-0.1, -0.05) is 262 Å². The van der Waals surface area contributed by atoms with Crippen LogP contribution in [0, 0.1) is 0 Å². The van der Waals surface area contributed by atoms with Crippen molar-refractivity contribution in [2.45, 2.75) is 77.0 Å². The molecule has 86 heavy (non-hydrogen) atoms. The van der Waals surface area contributed by atoms with E-state index >= 15 is 0 Å². The molecule has 0 radical (unpaired) electrons. The van der Waals surface area contributed by atoms with Gasteiger partial charge in [0.2, 0.25) is 0 Å². The van der Waals surface area contributed by atoms with Crippen LogP contribution in [0.5, 0.6) is 0 Å². The van der Waals surface area contributed by atoms with Crippen molar-refractivity contribution < 1.29 is 0 Å². The Balaban J connectivity index is 0.847. The minimum Gasteiger partial charge on any atom is -0.310 e. The Bertz CT molecular complexity index is 4760. The number of hydrogen-bond donors (Lipinski definition) is 0. The molecule has 12 aromatic carbocycles. The molecule has 16 rings (SSSR count). The van der Waals surface area contributed by atoms with Gasteiger partial charge in [-0.25, -0.2) is 0 Å². The van der Waals surface area contributed by atoms with Crippen LogP contribution < -0.4 is 9.80 Å². The third-order valence-electron chi connectivity index (χ3n) is 20.2. The van der Waals surface area contributed by atoms with Crippen LogP contribution in [0.15, 0.2) is 267 Å². The summed E-state index contributed by atoms with van der Waals surface area (Å²) < 4.78 is 0. The first-order chi connectivity index (χ1) is 41.7. The summed E-state index contributed by atoms with van der Waals surface area (Å²) in [5, 5.41) is 0. The lowest BCUT2D eigenvalue weighted by Crippen LogP contribution is -2.21. The second-order valence-corrected chi connectivity index (χ2v) is 26.3. The van der Waals surface area contributed by atoms with E-state index in [9.17, 15) is 0 Å². The fourth-order valence-electron chi connectivity index (χ4n) is 16.2. The van der Waals surface area contributed by atoms with Gasteiger partial charge in [0, 0.05) is 49.8 Å². The van der Waals surface area contributed by atoms with E-state index in [0.717, 1.165) is 28.4 Å². The van der Waals surface area contributed by atoms with Gasteiger partial charge in [-0.05, 0) is 172 Å². The van der Waals surface area contributed by atoms with Crippen LogP contribution in [0.4, 0.5) is 34.1 Å². The van der Waals surface area contributed by atoms with Gasteiger partial charge < -0.3 is 9.80 Å². The van der Waals surface area contributed by atoms with Crippen molar-refractivity contribution in [2.75, 3.05) is 9.80 Å². The molecule has 0 aromatic heterocycles. The van der Waals surface area contributed by atoms with Crippen LogP contribution >= 0.6 is 0 Å².